The molecule has 0 aromatic heterocycles. The lowest BCUT2D eigenvalue weighted by Gasteiger charge is -2.14. The molecule has 0 aliphatic carbocycles. The molecule has 0 spiro atoms. The second-order valence-electron chi connectivity index (χ2n) is 5.77. The van der Waals surface area contributed by atoms with Crippen LogP contribution in [0.25, 0.3) is 9.81 Å². The van der Waals surface area contributed by atoms with E-state index in [1.54, 1.807) is 42.5 Å². The fourth-order valence-electron chi connectivity index (χ4n) is 2.65. The Morgan fingerprint density at radius 3 is 1.54 bits per heavy atom. The normalized spacial score (nSPS) is 19.2. The van der Waals surface area contributed by atoms with Gasteiger partial charge < -0.3 is 0 Å². The zero-order chi connectivity index (χ0) is 17.5. The molecule has 6 heteroatoms. The number of fused-ring (bicyclic) bond motifs is 4. The molecule has 0 saturated carbocycles. The van der Waals surface area contributed by atoms with Gasteiger partial charge in [0.2, 0.25) is 0 Å². The second-order valence-corrected chi connectivity index (χ2v) is 9.79. The van der Waals surface area contributed by atoms with Crippen molar-refractivity contribution < 1.29 is 16.8 Å². The van der Waals surface area contributed by atoms with Crippen LogP contribution in [0, 0.1) is 0 Å². The van der Waals surface area contributed by atoms with Gasteiger partial charge in [-0.1, -0.05) is 55.6 Å². The number of sulfone groups is 2. The highest BCUT2D eigenvalue weighted by atomic mass is 32.2. The summed E-state index contributed by atoms with van der Waals surface area (Å²) in [6.07, 6.45) is 0. The standard InChI is InChI=1S/C18H16O4S2/c1-13-17-7-4-8-18(10-17)14(2)24(21,22)12-16-6-3-5-15(9-16)11-23(13,19)20/h3-10H,1-2,11-12H2. The molecule has 1 aliphatic heterocycles. The summed E-state index contributed by atoms with van der Waals surface area (Å²) < 4.78 is 50.4. The molecule has 2 aromatic carbocycles. The van der Waals surface area contributed by atoms with Crippen LogP contribution >= 0.6 is 0 Å². The molecule has 0 atom stereocenters. The van der Waals surface area contributed by atoms with Gasteiger partial charge in [-0.05, 0) is 28.3 Å². The smallest absolute Gasteiger partial charge is 0.182 e. The summed E-state index contributed by atoms with van der Waals surface area (Å²) in [6.45, 7) is 7.41. The van der Waals surface area contributed by atoms with Crippen LogP contribution in [0.3, 0.4) is 0 Å². The van der Waals surface area contributed by atoms with Gasteiger partial charge in [0.15, 0.2) is 19.7 Å². The van der Waals surface area contributed by atoms with Gasteiger partial charge in [-0.25, -0.2) is 16.8 Å². The first-order valence-corrected chi connectivity index (χ1v) is 10.5. The molecular weight excluding hydrogens is 344 g/mol. The summed E-state index contributed by atoms with van der Waals surface area (Å²) in [5.41, 5.74) is 1.82. The SMILES string of the molecule is C=C1c2cccc(c2)C(=C)S(=O)(=O)Cc2cccc(c2)CS1(=O)=O. The fraction of sp³-hybridized carbons (Fsp3) is 0.111. The highest BCUT2D eigenvalue weighted by molar-refractivity contribution is 8.00. The Bertz CT molecular complexity index is 983. The third-order valence-electron chi connectivity index (χ3n) is 3.96. The van der Waals surface area contributed by atoms with Crippen molar-refractivity contribution >= 4 is 29.5 Å². The van der Waals surface area contributed by atoms with E-state index in [0.717, 1.165) is 0 Å². The average molecular weight is 360 g/mol. The van der Waals surface area contributed by atoms with E-state index in [0.29, 0.717) is 22.3 Å². The quantitative estimate of drug-likeness (QED) is 0.724. The minimum absolute atomic E-state index is 0.0273. The first-order valence-electron chi connectivity index (χ1n) is 7.21. The van der Waals surface area contributed by atoms with Gasteiger partial charge in [0, 0.05) is 0 Å². The van der Waals surface area contributed by atoms with E-state index in [2.05, 4.69) is 13.2 Å². The van der Waals surface area contributed by atoms with Crippen LogP contribution in [0.15, 0.2) is 61.7 Å². The Hall–Kier alpha value is -2.18. The van der Waals surface area contributed by atoms with Crippen LogP contribution < -0.4 is 0 Å². The second kappa shape index (κ2) is 5.72. The highest BCUT2D eigenvalue weighted by Gasteiger charge is 2.23. The van der Waals surface area contributed by atoms with Gasteiger partial charge >= 0.3 is 0 Å². The van der Waals surface area contributed by atoms with Crippen molar-refractivity contribution in [2.24, 2.45) is 0 Å². The molecule has 0 unspecified atom stereocenters. The Morgan fingerprint density at radius 2 is 1.08 bits per heavy atom. The largest absolute Gasteiger partial charge is 0.223 e. The number of hydrogen-bond donors (Lipinski definition) is 0. The van der Waals surface area contributed by atoms with Gasteiger partial charge in [-0.2, -0.15) is 0 Å². The van der Waals surface area contributed by atoms with Crippen molar-refractivity contribution in [1.82, 2.24) is 0 Å². The predicted molar refractivity (Wildman–Crippen MR) is 96.2 cm³/mol. The zero-order valence-corrected chi connectivity index (χ0v) is 14.5. The van der Waals surface area contributed by atoms with Crippen molar-refractivity contribution in [2.75, 3.05) is 0 Å². The summed E-state index contributed by atoms with van der Waals surface area (Å²) in [5, 5.41) is 0. The molecular formula is C18H16O4S2. The Morgan fingerprint density at radius 1 is 0.667 bits per heavy atom. The Labute approximate surface area is 142 Å². The monoisotopic (exact) mass is 360 g/mol. The lowest BCUT2D eigenvalue weighted by atomic mass is 10.1. The van der Waals surface area contributed by atoms with E-state index < -0.39 is 19.7 Å². The summed E-state index contributed by atoms with van der Waals surface area (Å²) >= 11 is 0. The molecule has 0 saturated heterocycles. The molecule has 2 aromatic rings. The van der Waals surface area contributed by atoms with Crippen molar-refractivity contribution in [1.29, 1.82) is 0 Å². The molecule has 1 heterocycles. The van der Waals surface area contributed by atoms with Crippen LogP contribution in [0.4, 0.5) is 0 Å². The third-order valence-corrected chi connectivity index (χ3v) is 7.36. The Balaban J connectivity index is 2.26. The van der Waals surface area contributed by atoms with E-state index in [1.807, 2.05) is 0 Å². The lowest BCUT2D eigenvalue weighted by molar-refractivity contribution is 0.604. The van der Waals surface area contributed by atoms with Crippen LogP contribution in [0.2, 0.25) is 0 Å². The highest BCUT2D eigenvalue weighted by Crippen LogP contribution is 2.30. The molecule has 1 aliphatic rings. The van der Waals surface area contributed by atoms with E-state index in [4.69, 9.17) is 0 Å². The first-order chi connectivity index (χ1) is 11.2. The van der Waals surface area contributed by atoms with Crippen molar-refractivity contribution in [3.8, 4) is 0 Å². The summed E-state index contributed by atoms with van der Waals surface area (Å²) in [4.78, 5) is -0.0546. The molecule has 4 bridgehead atoms. The predicted octanol–water partition coefficient (Wildman–Crippen LogP) is 3.17. The topological polar surface area (TPSA) is 68.3 Å². The van der Waals surface area contributed by atoms with Gasteiger partial charge in [0.25, 0.3) is 0 Å². The van der Waals surface area contributed by atoms with Gasteiger partial charge in [0.05, 0.1) is 21.3 Å². The van der Waals surface area contributed by atoms with E-state index in [9.17, 15) is 16.8 Å². The fourth-order valence-corrected chi connectivity index (χ4v) is 5.20. The number of benzene rings is 2. The summed E-state index contributed by atoms with van der Waals surface area (Å²) in [5.74, 6) is -0.435. The van der Waals surface area contributed by atoms with Crippen molar-refractivity contribution in [2.45, 2.75) is 11.5 Å². The van der Waals surface area contributed by atoms with Gasteiger partial charge in [0.1, 0.15) is 0 Å². The lowest BCUT2D eigenvalue weighted by Crippen LogP contribution is -2.10. The molecule has 0 radical (unpaired) electrons. The van der Waals surface area contributed by atoms with E-state index in [-0.39, 0.29) is 21.3 Å². The zero-order valence-electron chi connectivity index (χ0n) is 12.9. The molecule has 0 N–H and O–H groups in total. The molecule has 24 heavy (non-hydrogen) atoms. The molecule has 0 amide bonds. The van der Waals surface area contributed by atoms with Gasteiger partial charge in [-0.15, -0.1) is 0 Å². The van der Waals surface area contributed by atoms with Crippen LogP contribution in [-0.4, -0.2) is 16.8 Å². The maximum atomic E-state index is 12.6. The molecule has 4 nitrogen and oxygen atoms in total. The van der Waals surface area contributed by atoms with E-state index in [1.165, 1.54) is 6.07 Å². The molecule has 3 rings (SSSR count). The summed E-state index contributed by atoms with van der Waals surface area (Å²) in [6, 6.07) is 12.9. The van der Waals surface area contributed by atoms with Crippen LogP contribution in [0.5, 0.6) is 0 Å². The van der Waals surface area contributed by atoms with Gasteiger partial charge in [-0.3, -0.25) is 0 Å². The molecule has 0 fully saturated rings. The third kappa shape index (κ3) is 3.07. The minimum atomic E-state index is -3.60. The van der Waals surface area contributed by atoms with Crippen LogP contribution in [0.1, 0.15) is 22.3 Å². The van der Waals surface area contributed by atoms with E-state index >= 15 is 0 Å². The van der Waals surface area contributed by atoms with Crippen LogP contribution in [-0.2, 0) is 31.2 Å². The Kier molecular flexibility index (Phi) is 3.97. The minimum Gasteiger partial charge on any atom is -0.223 e. The average Bonchev–Trinajstić information content (AvgIpc) is 2.52. The first kappa shape index (κ1) is 16.7. The maximum absolute atomic E-state index is 12.6. The maximum Gasteiger partial charge on any atom is 0.182 e. The molecule has 124 valence electrons. The summed E-state index contributed by atoms with van der Waals surface area (Å²) in [7, 11) is -7.21. The number of rotatable bonds is 0. The number of hydrogen-bond acceptors (Lipinski definition) is 4. The van der Waals surface area contributed by atoms with Crippen molar-refractivity contribution in [3.05, 3.63) is 83.9 Å². The van der Waals surface area contributed by atoms with Crippen molar-refractivity contribution in [3.63, 3.8) is 0 Å².